The molecule has 0 saturated carbocycles. The van der Waals surface area contributed by atoms with Crippen LogP contribution in [0.25, 0.3) is 0 Å². The topological polar surface area (TPSA) is 42.2 Å². The number of piperidine rings is 1. The molecule has 0 aliphatic carbocycles. The lowest BCUT2D eigenvalue weighted by molar-refractivity contribution is 0.436. The average molecular weight is 284 g/mol. The lowest BCUT2D eigenvalue weighted by atomic mass is 9.99. The Labute approximate surface area is 105 Å². The van der Waals surface area contributed by atoms with E-state index in [1.54, 1.807) is 0 Å². The van der Waals surface area contributed by atoms with Gasteiger partial charge in [-0.15, -0.1) is 0 Å². The van der Waals surface area contributed by atoms with E-state index in [-0.39, 0.29) is 0 Å². The van der Waals surface area contributed by atoms with Gasteiger partial charge in [0.05, 0.1) is 0 Å². The van der Waals surface area contributed by atoms with Crippen LogP contribution in [0.15, 0.2) is 16.7 Å². The van der Waals surface area contributed by atoms with Crippen LogP contribution in [0.1, 0.15) is 25.3 Å². The Balaban J connectivity index is 2.19. The molecule has 2 heterocycles. The van der Waals surface area contributed by atoms with Crippen molar-refractivity contribution in [1.29, 1.82) is 0 Å². The van der Waals surface area contributed by atoms with Crippen LogP contribution in [0, 0.1) is 5.92 Å². The molecular formula is C12H18BrN3. The molecule has 0 atom stereocenters. The Morgan fingerprint density at radius 2 is 2.19 bits per heavy atom. The summed E-state index contributed by atoms with van der Waals surface area (Å²) in [5, 5.41) is 0. The van der Waals surface area contributed by atoms with E-state index in [1.165, 1.54) is 12.8 Å². The fourth-order valence-electron chi connectivity index (χ4n) is 2.13. The average Bonchev–Trinajstić information content (AvgIpc) is 2.30. The number of pyridine rings is 1. The highest BCUT2D eigenvalue weighted by atomic mass is 79.9. The second-order valence-corrected chi connectivity index (χ2v) is 5.43. The quantitative estimate of drug-likeness (QED) is 0.907. The van der Waals surface area contributed by atoms with Crippen molar-refractivity contribution in [3.63, 3.8) is 0 Å². The van der Waals surface area contributed by atoms with Crippen molar-refractivity contribution in [3.05, 3.63) is 22.3 Å². The first-order chi connectivity index (χ1) is 7.70. The smallest absolute Gasteiger partial charge is 0.133 e. The van der Waals surface area contributed by atoms with Crippen molar-refractivity contribution < 1.29 is 0 Å². The van der Waals surface area contributed by atoms with Gasteiger partial charge in [-0.05, 0) is 40.8 Å². The summed E-state index contributed by atoms with van der Waals surface area (Å²) in [6, 6.07) is 2.07. The lowest BCUT2D eigenvalue weighted by Gasteiger charge is -2.32. The molecule has 0 unspecified atom stereocenters. The molecule has 1 aromatic rings. The van der Waals surface area contributed by atoms with E-state index >= 15 is 0 Å². The highest BCUT2D eigenvalue weighted by Gasteiger charge is 2.18. The van der Waals surface area contributed by atoms with E-state index in [0.29, 0.717) is 6.54 Å². The Bertz CT molecular complexity index is 359. The molecule has 0 radical (unpaired) electrons. The Morgan fingerprint density at radius 1 is 1.50 bits per heavy atom. The first-order valence-electron chi connectivity index (χ1n) is 5.80. The fraction of sp³-hybridized carbons (Fsp3) is 0.583. The minimum Gasteiger partial charge on any atom is -0.356 e. The second kappa shape index (κ2) is 5.15. The molecule has 4 heteroatoms. The van der Waals surface area contributed by atoms with Crippen molar-refractivity contribution in [2.45, 2.75) is 26.3 Å². The first kappa shape index (κ1) is 11.9. The number of aromatic nitrogens is 1. The maximum Gasteiger partial charge on any atom is 0.133 e. The summed E-state index contributed by atoms with van der Waals surface area (Å²) in [4.78, 5) is 6.85. The van der Waals surface area contributed by atoms with Gasteiger partial charge in [-0.3, -0.25) is 0 Å². The monoisotopic (exact) mass is 283 g/mol. The molecule has 88 valence electrons. The van der Waals surface area contributed by atoms with E-state index in [4.69, 9.17) is 5.73 Å². The highest BCUT2D eigenvalue weighted by molar-refractivity contribution is 9.10. The highest BCUT2D eigenvalue weighted by Crippen LogP contribution is 2.25. The van der Waals surface area contributed by atoms with E-state index in [9.17, 15) is 0 Å². The van der Waals surface area contributed by atoms with Crippen LogP contribution in [0.5, 0.6) is 0 Å². The standard InChI is InChI=1S/C12H18BrN3/c1-9-2-4-16(5-3-9)12-10(7-14)6-11(13)8-15-12/h6,8-9H,2-5,7,14H2,1H3. The van der Waals surface area contributed by atoms with Crippen molar-refractivity contribution in [3.8, 4) is 0 Å². The van der Waals surface area contributed by atoms with E-state index in [2.05, 4.69) is 38.8 Å². The van der Waals surface area contributed by atoms with Crippen molar-refractivity contribution >= 4 is 21.7 Å². The predicted octanol–water partition coefficient (Wildman–Crippen LogP) is 2.54. The summed E-state index contributed by atoms with van der Waals surface area (Å²) in [7, 11) is 0. The summed E-state index contributed by atoms with van der Waals surface area (Å²) >= 11 is 3.43. The molecular weight excluding hydrogens is 266 g/mol. The Morgan fingerprint density at radius 3 is 2.81 bits per heavy atom. The molecule has 1 aliphatic heterocycles. The zero-order valence-corrected chi connectivity index (χ0v) is 11.2. The molecule has 2 N–H and O–H groups in total. The second-order valence-electron chi connectivity index (χ2n) is 4.51. The largest absolute Gasteiger partial charge is 0.356 e. The van der Waals surface area contributed by atoms with E-state index in [1.807, 2.05) is 6.20 Å². The van der Waals surface area contributed by atoms with Gasteiger partial charge in [-0.25, -0.2) is 4.98 Å². The van der Waals surface area contributed by atoms with Crippen molar-refractivity contribution in [2.24, 2.45) is 11.7 Å². The maximum absolute atomic E-state index is 5.77. The molecule has 3 nitrogen and oxygen atoms in total. The van der Waals surface area contributed by atoms with Crippen molar-refractivity contribution in [2.75, 3.05) is 18.0 Å². The van der Waals surface area contributed by atoms with Crippen LogP contribution in [-0.2, 0) is 6.54 Å². The Hall–Kier alpha value is -0.610. The molecule has 0 bridgehead atoms. The van der Waals surface area contributed by atoms with Crippen LogP contribution in [0.3, 0.4) is 0 Å². The molecule has 0 spiro atoms. The molecule has 1 saturated heterocycles. The maximum atomic E-state index is 5.77. The van der Waals surface area contributed by atoms with Crippen LogP contribution in [0.4, 0.5) is 5.82 Å². The first-order valence-corrected chi connectivity index (χ1v) is 6.59. The molecule has 1 fully saturated rings. The van der Waals surface area contributed by atoms with Gasteiger partial charge in [0.25, 0.3) is 0 Å². The van der Waals surface area contributed by atoms with Gasteiger partial charge in [-0.1, -0.05) is 6.92 Å². The van der Waals surface area contributed by atoms with Crippen LogP contribution in [-0.4, -0.2) is 18.1 Å². The van der Waals surface area contributed by atoms with E-state index in [0.717, 1.165) is 34.9 Å². The summed E-state index contributed by atoms with van der Waals surface area (Å²) in [6.07, 6.45) is 4.36. The van der Waals surface area contributed by atoms with Crippen LogP contribution in [0.2, 0.25) is 0 Å². The normalized spacial score (nSPS) is 17.8. The molecule has 16 heavy (non-hydrogen) atoms. The van der Waals surface area contributed by atoms with Crippen LogP contribution < -0.4 is 10.6 Å². The SMILES string of the molecule is CC1CCN(c2ncc(Br)cc2CN)CC1. The van der Waals surface area contributed by atoms with Gasteiger partial charge in [-0.2, -0.15) is 0 Å². The molecule has 2 rings (SSSR count). The predicted molar refractivity (Wildman–Crippen MR) is 70.4 cm³/mol. The third-order valence-corrected chi connectivity index (χ3v) is 3.65. The zero-order chi connectivity index (χ0) is 11.5. The van der Waals surface area contributed by atoms with Gasteiger partial charge in [0.15, 0.2) is 0 Å². The number of nitrogens with two attached hydrogens (primary N) is 1. The number of hydrogen-bond acceptors (Lipinski definition) is 3. The number of nitrogens with zero attached hydrogens (tertiary/aromatic N) is 2. The van der Waals surface area contributed by atoms with E-state index < -0.39 is 0 Å². The van der Waals surface area contributed by atoms with Gasteiger partial charge in [0.2, 0.25) is 0 Å². The molecule has 0 amide bonds. The fourth-order valence-corrected chi connectivity index (χ4v) is 2.51. The summed E-state index contributed by atoms with van der Waals surface area (Å²) < 4.78 is 1.00. The Kier molecular flexibility index (Phi) is 3.82. The van der Waals surface area contributed by atoms with Crippen molar-refractivity contribution in [1.82, 2.24) is 4.98 Å². The minimum absolute atomic E-state index is 0.549. The number of rotatable bonds is 2. The van der Waals surface area contributed by atoms with Gasteiger partial charge in [0, 0.05) is 35.9 Å². The number of halogens is 1. The molecule has 0 aromatic carbocycles. The zero-order valence-electron chi connectivity index (χ0n) is 9.62. The van der Waals surface area contributed by atoms with Crippen LogP contribution >= 0.6 is 15.9 Å². The summed E-state index contributed by atoms with van der Waals surface area (Å²) in [6.45, 7) is 5.07. The third kappa shape index (κ3) is 2.55. The lowest BCUT2D eigenvalue weighted by Crippen LogP contribution is -2.34. The van der Waals surface area contributed by atoms with Gasteiger partial charge in [0.1, 0.15) is 5.82 Å². The molecule has 1 aromatic heterocycles. The summed E-state index contributed by atoms with van der Waals surface area (Å²) in [5.41, 5.74) is 6.89. The van der Waals surface area contributed by atoms with Gasteiger partial charge >= 0.3 is 0 Å². The molecule has 1 aliphatic rings. The third-order valence-electron chi connectivity index (χ3n) is 3.21. The summed E-state index contributed by atoms with van der Waals surface area (Å²) in [5.74, 6) is 1.91. The number of anilines is 1. The number of hydrogen-bond donors (Lipinski definition) is 1. The minimum atomic E-state index is 0.549. The van der Waals surface area contributed by atoms with Gasteiger partial charge < -0.3 is 10.6 Å².